The molecule has 1 atom stereocenters. The lowest BCUT2D eigenvalue weighted by molar-refractivity contribution is -0.123. The third-order valence-electron chi connectivity index (χ3n) is 4.28. The van der Waals surface area contributed by atoms with Crippen molar-refractivity contribution in [3.05, 3.63) is 52.2 Å². The molecule has 1 amide bonds. The maximum atomic E-state index is 12.4. The number of anilines is 1. The lowest BCUT2D eigenvalue weighted by atomic mass is 10.1. The van der Waals surface area contributed by atoms with Crippen LogP contribution in [0.5, 0.6) is 0 Å². The quantitative estimate of drug-likeness (QED) is 0.626. The smallest absolute Gasteiger partial charge is 0.344 e. The van der Waals surface area contributed by atoms with Gasteiger partial charge in [-0.25, -0.2) is 9.78 Å². The van der Waals surface area contributed by atoms with Gasteiger partial charge in [0.25, 0.3) is 5.91 Å². The molecule has 8 heteroatoms. The van der Waals surface area contributed by atoms with Crippen molar-refractivity contribution in [2.24, 2.45) is 0 Å². The largest absolute Gasteiger partial charge is 0.449 e. The average Bonchev–Trinajstić information content (AvgIpc) is 3.28. The monoisotopic (exact) mass is 399 g/mol. The van der Waals surface area contributed by atoms with E-state index in [1.54, 1.807) is 13.8 Å². The van der Waals surface area contributed by atoms with Gasteiger partial charge in [0.15, 0.2) is 11.2 Å². The van der Waals surface area contributed by atoms with Crippen molar-refractivity contribution in [1.82, 2.24) is 10.1 Å². The Morgan fingerprint density at radius 2 is 1.96 bits per heavy atom. The van der Waals surface area contributed by atoms with Crippen LogP contribution < -0.4 is 5.32 Å². The number of amides is 1. The lowest BCUT2D eigenvalue weighted by Gasteiger charge is -2.12. The number of nitrogens with zero attached hydrogens (tertiary/aromatic N) is 2. The first-order valence-electron chi connectivity index (χ1n) is 8.88. The molecule has 28 heavy (non-hydrogen) atoms. The van der Waals surface area contributed by atoms with E-state index in [0.29, 0.717) is 16.6 Å². The van der Waals surface area contributed by atoms with Gasteiger partial charge in [-0.15, -0.1) is 11.3 Å². The van der Waals surface area contributed by atoms with Crippen LogP contribution >= 0.6 is 11.3 Å². The van der Waals surface area contributed by atoms with Crippen LogP contribution in [0.1, 0.15) is 41.2 Å². The number of aryl methyl sites for hydroxylation is 3. The van der Waals surface area contributed by atoms with E-state index in [0.717, 1.165) is 17.7 Å². The Bertz CT molecular complexity index is 972. The number of rotatable bonds is 6. The highest BCUT2D eigenvalue weighted by atomic mass is 32.1. The van der Waals surface area contributed by atoms with E-state index in [9.17, 15) is 9.59 Å². The number of aromatic nitrogens is 2. The van der Waals surface area contributed by atoms with Gasteiger partial charge in [0.2, 0.25) is 0 Å². The Kier molecular flexibility index (Phi) is 5.89. The highest BCUT2D eigenvalue weighted by Crippen LogP contribution is 2.25. The van der Waals surface area contributed by atoms with Gasteiger partial charge in [0.05, 0.1) is 11.4 Å². The first kappa shape index (κ1) is 19.8. The fourth-order valence-electron chi connectivity index (χ4n) is 2.63. The second-order valence-electron chi connectivity index (χ2n) is 6.32. The number of ether oxygens (including phenoxy) is 1. The van der Waals surface area contributed by atoms with Crippen molar-refractivity contribution < 1.29 is 18.8 Å². The lowest BCUT2D eigenvalue weighted by Crippen LogP contribution is -2.30. The van der Waals surface area contributed by atoms with E-state index >= 15 is 0 Å². The van der Waals surface area contributed by atoms with E-state index < -0.39 is 18.0 Å². The zero-order valence-corrected chi connectivity index (χ0v) is 16.9. The van der Waals surface area contributed by atoms with Crippen molar-refractivity contribution in [3.8, 4) is 11.3 Å². The number of carbonyl (C=O) groups is 2. The first-order valence-corrected chi connectivity index (χ1v) is 9.76. The molecule has 0 saturated carbocycles. The highest BCUT2D eigenvalue weighted by Gasteiger charge is 2.24. The maximum Gasteiger partial charge on any atom is 0.344 e. The van der Waals surface area contributed by atoms with Gasteiger partial charge in [0.1, 0.15) is 11.3 Å². The molecule has 0 fully saturated rings. The summed E-state index contributed by atoms with van der Waals surface area (Å²) in [5.41, 5.74) is 3.68. The summed E-state index contributed by atoms with van der Waals surface area (Å²) >= 11 is 1.31. The highest BCUT2D eigenvalue weighted by molar-refractivity contribution is 7.14. The SMILES string of the molecule is CCc1ccc(-c2csc(NC(=O)[C@@H](C)OC(=O)c3c(C)noc3C)n2)cc1. The van der Waals surface area contributed by atoms with Gasteiger partial charge in [0, 0.05) is 10.9 Å². The fourth-order valence-corrected chi connectivity index (χ4v) is 3.35. The molecule has 0 aliphatic carbocycles. The summed E-state index contributed by atoms with van der Waals surface area (Å²) in [6.07, 6.45) is -0.0131. The van der Waals surface area contributed by atoms with Crippen LogP contribution in [0.4, 0.5) is 5.13 Å². The maximum absolute atomic E-state index is 12.4. The summed E-state index contributed by atoms with van der Waals surface area (Å²) < 4.78 is 10.2. The Morgan fingerprint density at radius 3 is 2.57 bits per heavy atom. The Labute approximate surface area is 166 Å². The van der Waals surface area contributed by atoms with Gasteiger partial charge in [-0.2, -0.15) is 0 Å². The van der Waals surface area contributed by atoms with Crippen LogP contribution in [0.25, 0.3) is 11.3 Å². The number of esters is 1. The van der Waals surface area contributed by atoms with Gasteiger partial charge in [-0.1, -0.05) is 36.3 Å². The standard InChI is InChI=1S/C20H21N3O4S/c1-5-14-6-8-15(9-7-14)16-10-28-20(21-16)22-18(24)13(4)26-19(25)17-11(2)23-27-12(17)3/h6-10,13H,5H2,1-4H3,(H,21,22,24)/t13-/m1/s1. The zero-order valence-electron chi connectivity index (χ0n) is 16.1. The van der Waals surface area contributed by atoms with E-state index in [2.05, 4.69) is 34.5 Å². The summed E-state index contributed by atoms with van der Waals surface area (Å²) in [7, 11) is 0. The van der Waals surface area contributed by atoms with E-state index in [1.165, 1.54) is 23.8 Å². The molecular weight excluding hydrogens is 378 g/mol. The molecule has 7 nitrogen and oxygen atoms in total. The number of hydrogen-bond donors (Lipinski definition) is 1. The van der Waals surface area contributed by atoms with Crippen molar-refractivity contribution in [2.45, 2.75) is 40.2 Å². The molecule has 3 aromatic rings. The normalized spacial score (nSPS) is 11.9. The second-order valence-corrected chi connectivity index (χ2v) is 7.18. The number of benzene rings is 1. The molecule has 2 aromatic heterocycles. The average molecular weight is 399 g/mol. The minimum absolute atomic E-state index is 0.242. The fraction of sp³-hybridized carbons (Fsp3) is 0.300. The number of nitrogens with one attached hydrogen (secondary N) is 1. The van der Waals surface area contributed by atoms with Gasteiger partial charge in [-0.3, -0.25) is 10.1 Å². The number of hydrogen-bond acceptors (Lipinski definition) is 7. The molecule has 1 N–H and O–H groups in total. The molecule has 146 valence electrons. The number of thiazole rings is 1. The molecule has 0 aliphatic heterocycles. The third-order valence-corrected chi connectivity index (χ3v) is 5.04. The van der Waals surface area contributed by atoms with Crippen LogP contribution in [0.2, 0.25) is 0 Å². The molecule has 0 saturated heterocycles. The Hall–Kier alpha value is -3.00. The molecule has 0 unspecified atom stereocenters. The van der Waals surface area contributed by atoms with Crippen LogP contribution in [-0.2, 0) is 16.0 Å². The van der Waals surface area contributed by atoms with Crippen molar-refractivity contribution in [2.75, 3.05) is 5.32 Å². The minimum Gasteiger partial charge on any atom is -0.449 e. The summed E-state index contributed by atoms with van der Waals surface area (Å²) in [4.78, 5) is 29.0. The zero-order chi connectivity index (χ0) is 20.3. The topological polar surface area (TPSA) is 94.3 Å². The summed E-state index contributed by atoms with van der Waals surface area (Å²) in [5, 5.41) is 8.72. The van der Waals surface area contributed by atoms with E-state index in [4.69, 9.17) is 9.26 Å². The third kappa shape index (κ3) is 4.28. The summed E-state index contributed by atoms with van der Waals surface area (Å²) in [6, 6.07) is 8.13. The van der Waals surface area contributed by atoms with Crippen molar-refractivity contribution in [3.63, 3.8) is 0 Å². The van der Waals surface area contributed by atoms with Crippen molar-refractivity contribution >= 4 is 28.3 Å². The van der Waals surface area contributed by atoms with Crippen molar-refractivity contribution in [1.29, 1.82) is 0 Å². The van der Waals surface area contributed by atoms with Gasteiger partial charge >= 0.3 is 5.97 Å². The second kappa shape index (κ2) is 8.35. The Balaban J connectivity index is 1.62. The Morgan fingerprint density at radius 1 is 1.25 bits per heavy atom. The molecule has 3 rings (SSSR count). The molecule has 2 heterocycles. The predicted octanol–water partition coefficient (Wildman–Crippen LogP) is 4.16. The van der Waals surface area contributed by atoms with Crippen LogP contribution in [0.15, 0.2) is 34.2 Å². The molecule has 1 aromatic carbocycles. The molecule has 0 spiro atoms. The van der Waals surface area contributed by atoms with Gasteiger partial charge < -0.3 is 9.26 Å². The number of carbonyl (C=O) groups excluding carboxylic acids is 2. The van der Waals surface area contributed by atoms with Crippen LogP contribution in [-0.4, -0.2) is 28.1 Å². The first-order chi connectivity index (χ1) is 13.4. The van der Waals surface area contributed by atoms with E-state index in [-0.39, 0.29) is 5.56 Å². The van der Waals surface area contributed by atoms with Crippen LogP contribution in [0.3, 0.4) is 0 Å². The molecular formula is C20H21N3O4S. The summed E-state index contributed by atoms with van der Waals surface area (Å²) in [6.45, 7) is 6.86. The van der Waals surface area contributed by atoms with Crippen LogP contribution in [0, 0.1) is 13.8 Å². The van der Waals surface area contributed by atoms with Gasteiger partial charge in [-0.05, 0) is 32.8 Å². The molecule has 0 radical (unpaired) electrons. The predicted molar refractivity (Wildman–Crippen MR) is 106 cm³/mol. The summed E-state index contributed by atoms with van der Waals surface area (Å²) in [5.74, 6) is -0.745. The molecule has 0 bridgehead atoms. The molecule has 0 aliphatic rings. The van der Waals surface area contributed by atoms with E-state index in [1.807, 2.05) is 17.5 Å². The minimum atomic E-state index is -0.989.